The highest BCUT2D eigenvalue weighted by atomic mass is 19.1. The molecule has 8 heteroatoms. The Balaban J connectivity index is 1.90. The number of aromatic nitrogens is 2. The molecule has 1 heterocycles. The largest absolute Gasteiger partial charge is 0.464 e. The Morgan fingerprint density at radius 2 is 1.66 bits per heavy atom. The molecule has 1 aromatic heterocycles. The zero-order chi connectivity index (χ0) is 23.3. The Morgan fingerprint density at radius 1 is 1.06 bits per heavy atom. The first kappa shape index (κ1) is 22.9. The summed E-state index contributed by atoms with van der Waals surface area (Å²) in [5.41, 5.74) is 2.87. The zero-order valence-electron chi connectivity index (χ0n) is 17.9. The maximum atomic E-state index is 13.3. The van der Waals surface area contributed by atoms with Crippen LogP contribution in [0, 0.1) is 25.5 Å². The summed E-state index contributed by atoms with van der Waals surface area (Å²) < 4.78 is 33.1. The van der Waals surface area contributed by atoms with Crippen molar-refractivity contribution in [1.29, 1.82) is 0 Å². The zero-order valence-corrected chi connectivity index (χ0v) is 17.9. The maximum absolute atomic E-state index is 13.3. The minimum atomic E-state index is -1.09. The molecule has 0 aliphatic rings. The van der Waals surface area contributed by atoms with Crippen LogP contribution in [0.3, 0.4) is 0 Å². The van der Waals surface area contributed by atoms with Gasteiger partial charge in [0.05, 0.1) is 18.0 Å². The lowest BCUT2D eigenvalue weighted by Crippen LogP contribution is -2.34. The molecule has 1 atom stereocenters. The van der Waals surface area contributed by atoms with Crippen molar-refractivity contribution in [2.45, 2.75) is 26.8 Å². The Morgan fingerprint density at radius 3 is 2.25 bits per heavy atom. The van der Waals surface area contributed by atoms with E-state index in [-0.39, 0.29) is 18.2 Å². The number of carbonyl (C=O) groups excluding carboxylic acids is 2. The average molecular weight is 439 g/mol. The van der Waals surface area contributed by atoms with Gasteiger partial charge >= 0.3 is 5.97 Å². The molecule has 0 aliphatic carbocycles. The molecule has 0 bridgehead atoms. The summed E-state index contributed by atoms with van der Waals surface area (Å²) in [6.45, 7) is 5.29. The van der Waals surface area contributed by atoms with Crippen molar-refractivity contribution < 1.29 is 23.1 Å². The number of aryl methyl sites for hydroxylation is 1. The SMILES string of the molecule is CCOC(=O)C(NC(=O)C=Cc1ccc(F)cc1)c1c(C)nn(-c2ccc(F)cc2)c1C. The summed E-state index contributed by atoms with van der Waals surface area (Å²) in [5.74, 6) is -1.90. The Hall–Kier alpha value is -3.81. The molecule has 0 saturated heterocycles. The van der Waals surface area contributed by atoms with E-state index in [9.17, 15) is 18.4 Å². The van der Waals surface area contributed by atoms with Crippen LogP contribution in [0.15, 0.2) is 54.6 Å². The molecule has 0 saturated carbocycles. The number of amides is 1. The van der Waals surface area contributed by atoms with Crippen LogP contribution in [-0.4, -0.2) is 28.3 Å². The summed E-state index contributed by atoms with van der Waals surface area (Å²) in [7, 11) is 0. The molecule has 166 valence electrons. The lowest BCUT2D eigenvalue weighted by atomic mass is 10.0. The minimum absolute atomic E-state index is 0.140. The van der Waals surface area contributed by atoms with Crippen LogP contribution in [0.2, 0.25) is 0 Å². The fraction of sp³-hybridized carbons (Fsp3) is 0.208. The predicted octanol–water partition coefficient (Wildman–Crippen LogP) is 4.20. The molecular formula is C24H23F2N3O3. The van der Waals surface area contributed by atoms with Gasteiger partial charge in [0.1, 0.15) is 11.6 Å². The van der Waals surface area contributed by atoms with Crippen LogP contribution in [0.25, 0.3) is 11.8 Å². The third-order valence-corrected chi connectivity index (χ3v) is 4.81. The molecule has 1 N–H and O–H groups in total. The Labute approximate surface area is 184 Å². The van der Waals surface area contributed by atoms with Gasteiger partial charge in [-0.15, -0.1) is 0 Å². The topological polar surface area (TPSA) is 73.2 Å². The van der Waals surface area contributed by atoms with Crippen molar-refractivity contribution in [2.75, 3.05) is 6.61 Å². The van der Waals surface area contributed by atoms with Gasteiger partial charge in [0.25, 0.3) is 0 Å². The third-order valence-electron chi connectivity index (χ3n) is 4.81. The lowest BCUT2D eigenvalue weighted by Gasteiger charge is -2.17. The van der Waals surface area contributed by atoms with Gasteiger partial charge in [0.15, 0.2) is 6.04 Å². The number of esters is 1. The van der Waals surface area contributed by atoms with Gasteiger partial charge in [-0.2, -0.15) is 5.10 Å². The van der Waals surface area contributed by atoms with E-state index in [1.54, 1.807) is 37.6 Å². The van der Waals surface area contributed by atoms with Gasteiger partial charge in [-0.3, -0.25) is 4.79 Å². The summed E-state index contributed by atoms with van der Waals surface area (Å²) in [4.78, 5) is 25.3. The first-order valence-corrected chi connectivity index (χ1v) is 10.0. The lowest BCUT2D eigenvalue weighted by molar-refractivity contribution is -0.147. The van der Waals surface area contributed by atoms with Crippen LogP contribution in [-0.2, 0) is 14.3 Å². The highest BCUT2D eigenvalue weighted by Crippen LogP contribution is 2.25. The second-order valence-electron chi connectivity index (χ2n) is 7.05. The van der Waals surface area contributed by atoms with Crippen LogP contribution in [0.5, 0.6) is 0 Å². The molecule has 6 nitrogen and oxygen atoms in total. The second kappa shape index (κ2) is 10.00. The van der Waals surface area contributed by atoms with Gasteiger partial charge in [-0.1, -0.05) is 12.1 Å². The van der Waals surface area contributed by atoms with E-state index in [1.807, 2.05) is 0 Å². The molecule has 3 aromatic rings. The first-order valence-electron chi connectivity index (χ1n) is 10.0. The normalized spacial score (nSPS) is 12.0. The van der Waals surface area contributed by atoms with E-state index in [0.717, 1.165) is 0 Å². The highest BCUT2D eigenvalue weighted by Gasteiger charge is 2.30. The van der Waals surface area contributed by atoms with Crippen molar-refractivity contribution in [3.8, 4) is 5.69 Å². The average Bonchev–Trinajstić information content (AvgIpc) is 3.06. The van der Waals surface area contributed by atoms with E-state index >= 15 is 0 Å². The maximum Gasteiger partial charge on any atom is 0.333 e. The predicted molar refractivity (Wildman–Crippen MR) is 116 cm³/mol. The third kappa shape index (κ3) is 5.26. The number of benzene rings is 2. The van der Waals surface area contributed by atoms with E-state index in [1.165, 1.54) is 48.6 Å². The van der Waals surface area contributed by atoms with Gasteiger partial charge in [0, 0.05) is 17.3 Å². The molecule has 1 amide bonds. The van der Waals surface area contributed by atoms with Crippen LogP contribution < -0.4 is 5.32 Å². The van der Waals surface area contributed by atoms with Gasteiger partial charge in [-0.05, 0) is 68.8 Å². The van der Waals surface area contributed by atoms with Gasteiger partial charge < -0.3 is 10.1 Å². The molecule has 2 aromatic carbocycles. The van der Waals surface area contributed by atoms with Gasteiger partial charge in [0.2, 0.25) is 5.91 Å². The number of hydrogen-bond donors (Lipinski definition) is 1. The summed E-state index contributed by atoms with van der Waals surface area (Å²) in [6, 6.07) is 10.3. The molecular weight excluding hydrogens is 416 g/mol. The molecule has 1 unspecified atom stereocenters. The monoisotopic (exact) mass is 439 g/mol. The highest BCUT2D eigenvalue weighted by molar-refractivity contribution is 5.95. The summed E-state index contributed by atoms with van der Waals surface area (Å²) >= 11 is 0. The first-order chi connectivity index (χ1) is 15.3. The number of nitrogens with one attached hydrogen (secondary N) is 1. The van der Waals surface area contributed by atoms with E-state index in [2.05, 4.69) is 10.4 Å². The Kier molecular flexibility index (Phi) is 7.14. The number of halogens is 2. The molecule has 0 aliphatic heterocycles. The van der Waals surface area contributed by atoms with Crippen molar-refractivity contribution in [3.63, 3.8) is 0 Å². The van der Waals surface area contributed by atoms with E-state index < -0.39 is 17.9 Å². The quantitative estimate of drug-likeness (QED) is 0.442. The van der Waals surface area contributed by atoms with Gasteiger partial charge in [-0.25, -0.2) is 18.3 Å². The number of carbonyl (C=O) groups is 2. The van der Waals surface area contributed by atoms with Crippen molar-refractivity contribution >= 4 is 18.0 Å². The number of nitrogens with zero attached hydrogens (tertiary/aromatic N) is 2. The molecule has 0 radical (unpaired) electrons. The van der Waals surface area contributed by atoms with Crippen LogP contribution in [0.4, 0.5) is 8.78 Å². The number of ether oxygens (including phenoxy) is 1. The molecule has 3 rings (SSSR count). The smallest absolute Gasteiger partial charge is 0.333 e. The van der Waals surface area contributed by atoms with Crippen LogP contribution in [0.1, 0.15) is 35.5 Å². The van der Waals surface area contributed by atoms with E-state index in [4.69, 9.17) is 4.74 Å². The standard InChI is InChI=1S/C24H23F2N3O3/c1-4-32-24(31)23(27-21(30)14-7-17-5-8-18(25)9-6-17)22-15(2)28-29(16(22)3)20-12-10-19(26)11-13-20/h5-14,23H,4H2,1-3H3,(H,27,30). The number of hydrogen-bond acceptors (Lipinski definition) is 4. The van der Waals surface area contributed by atoms with Crippen molar-refractivity contribution in [1.82, 2.24) is 15.1 Å². The number of rotatable bonds is 7. The summed E-state index contributed by atoms with van der Waals surface area (Å²) in [6.07, 6.45) is 2.77. The fourth-order valence-electron chi connectivity index (χ4n) is 3.32. The Bertz CT molecular complexity index is 1140. The van der Waals surface area contributed by atoms with E-state index in [0.29, 0.717) is 28.2 Å². The molecule has 0 spiro atoms. The van der Waals surface area contributed by atoms with Crippen molar-refractivity contribution in [2.24, 2.45) is 0 Å². The molecule has 0 fully saturated rings. The molecule has 32 heavy (non-hydrogen) atoms. The van der Waals surface area contributed by atoms with Crippen LogP contribution >= 0.6 is 0 Å². The second-order valence-corrected chi connectivity index (χ2v) is 7.05. The summed E-state index contributed by atoms with van der Waals surface area (Å²) in [5, 5.41) is 7.13. The van der Waals surface area contributed by atoms with Crippen molar-refractivity contribution in [3.05, 3.63) is 88.8 Å². The minimum Gasteiger partial charge on any atom is -0.464 e. The fourth-order valence-corrected chi connectivity index (χ4v) is 3.32.